The summed E-state index contributed by atoms with van der Waals surface area (Å²) in [5, 5.41) is 14.5. The summed E-state index contributed by atoms with van der Waals surface area (Å²) in [6.45, 7) is 4.38. The lowest BCUT2D eigenvalue weighted by molar-refractivity contribution is 0.622. The molecule has 0 saturated heterocycles. The third-order valence-electron chi connectivity index (χ3n) is 4.14. The van der Waals surface area contributed by atoms with Gasteiger partial charge in [-0.05, 0) is 25.5 Å². The number of nitrogens with one attached hydrogen (secondary N) is 2. The van der Waals surface area contributed by atoms with Gasteiger partial charge in [0.25, 0.3) is 0 Å². The molecule has 0 amide bonds. The number of nitrogens with zero attached hydrogens (tertiary/aromatic N) is 6. The van der Waals surface area contributed by atoms with Crippen molar-refractivity contribution < 1.29 is 0 Å². The lowest BCUT2D eigenvalue weighted by atomic mass is 10.3. The predicted octanol–water partition coefficient (Wildman–Crippen LogP) is 1.23. The summed E-state index contributed by atoms with van der Waals surface area (Å²) in [7, 11) is 3.69. The van der Waals surface area contributed by atoms with E-state index in [1.807, 2.05) is 17.7 Å². The Morgan fingerprint density at radius 3 is 2.84 bits per heavy atom. The predicted molar refractivity (Wildman–Crippen MR) is 98.3 cm³/mol. The van der Waals surface area contributed by atoms with Gasteiger partial charge in [-0.1, -0.05) is 12.1 Å². The quantitative estimate of drug-likeness (QED) is 0.400. The summed E-state index contributed by atoms with van der Waals surface area (Å²) < 4.78 is 4.14. The van der Waals surface area contributed by atoms with Crippen molar-refractivity contribution in [3.05, 3.63) is 42.2 Å². The molecule has 0 aliphatic heterocycles. The van der Waals surface area contributed by atoms with Crippen LogP contribution in [-0.4, -0.2) is 43.9 Å². The van der Waals surface area contributed by atoms with E-state index < -0.39 is 0 Å². The topological polar surface area (TPSA) is 84.9 Å². The van der Waals surface area contributed by atoms with Crippen molar-refractivity contribution in [3.63, 3.8) is 0 Å². The van der Waals surface area contributed by atoms with E-state index >= 15 is 0 Å². The van der Waals surface area contributed by atoms with Crippen LogP contribution in [0.1, 0.15) is 18.1 Å². The van der Waals surface area contributed by atoms with Gasteiger partial charge in [-0.15, -0.1) is 10.2 Å². The van der Waals surface area contributed by atoms with E-state index in [2.05, 4.69) is 60.5 Å². The Labute approximate surface area is 147 Å². The molecule has 8 heteroatoms. The van der Waals surface area contributed by atoms with Crippen molar-refractivity contribution in [2.75, 3.05) is 13.6 Å². The maximum Gasteiger partial charge on any atom is 0.191 e. The average molecular weight is 340 g/mol. The highest BCUT2D eigenvalue weighted by Crippen LogP contribution is 2.15. The summed E-state index contributed by atoms with van der Waals surface area (Å²) in [5.74, 6) is 2.67. The SMILES string of the molecule is CN=C(NCCCn1c(C)nc2ccccc21)NCc1nncn1C. The van der Waals surface area contributed by atoms with Crippen LogP contribution in [0.15, 0.2) is 35.6 Å². The first kappa shape index (κ1) is 16.9. The summed E-state index contributed by atoms with van der Waals surface area (Å²) in [6, 6.07) is 8.24. The molecule has 0 saturated carbocycles. The molecule has 132 valence electrons. The summed E-state index contributed by atoms with van der Waals surface area (Å²) in [6.07, 6.45) is 2.66. The van der Waals surface area contributed by atoms with Gasteiger partial charge in [-0.2, -0.15) is 0 Å². The Balaban J connectivity index is 1.48. The van der Waals surface area contributed by atoms with E-state index in [0.717, 1.165) is 42.6 Å². The van der Waals surface area contributed by atoms with Crippen molar-refractivity contribution in [2.45, 2.75) is 26.4 Å². The molecule has 25 heavy (non-hydrogen) atoms. The first-order valence-electron chi connectivity index (χ1n) is 8.38. The van der Waals surface area contributed by atoms with E-state index in [1.165, 1.54) is 5.52 Å². The number of aryl methyl sites for hydroxylation is 3. The highest BCUT2D eigenvalue weighted by molar-refractivity contribution is 5.79. The number of hydrogen-bond acceptors (Lipinski definition) is 4. The number of aliphatic imine (C=N–C) groups is 1. The minimum atomic E-state index is 0.585. The lowest BCUT2D eigenvalue weighted by Crippen LogP contribution is -2.38. The van der Waals surface area contributed by atoms with Crippen LogP contribution in [0, 0.1) is 6.92 Å². The van der Waals surface area contributed by atoms with Crippen molar-refractivity contribution in [1.29, 1.82) is 0 Å². The molecule has 0 radical (unpaired) electrons. The van der Waals surface area contributed by atoms with Crippen LogP contribution in [0.2, 0.25) is 0 Å². The number of fused-ring (bicyclic) bond motifs is 1. The highest BCUT2D eigenvalue weighted by atomic mass is 15.3. The molecule has 0 atom stereocenters. The standard InChI is InChI=1S/C17H24N8/c1-13-22-14-7-4-5-8-15(14)25(13)10-6-9-19-17(18-2)20-11-16-23-21-12-24(16)3/h4-5,7-8,12H,6,9-11H2,1-3H3,(H2,18,19,20). The molecule has 0 aliphatic rings. The fourth-order valence-electron chi connectivity index (χ4n) is 2.77. The number of guanidine groups is 1. The molecule has 8 nitrogen and oxygen atoms in total. The van der Waals surface area contributed by atoms with Crippen molar-refractivity contribution in [2.24, 2.45) is 12.0 Å². The van der Waals surface area contributed by atoms with E-state index in [0.29, 0.717) is 6.54 Å². The highest BCUT2D eigenvalue weighted by Gasteiger charge is 2.06. The van der Waals surface area contributed by atoms with Gasteiger partial charge in [-0.3, -0.25) is 4.99 Å². The van der Waals surface area contributed by atoms with Gasteiger partial charge in [-0.25, -0.2) is 4.98 Å². The molecule has 0 fully saturated rings. The maximum absolute atomic E-state index is 4.60. The Morgan fingerprint density at radius 2 is 2.08 bits per heavy atom. The number of para-hydroxylation sites is 2. The summed E-state index contributed by atoms with van der Waals surface area (Å²) in [5.41, 5.74) is 2.24. The van der Waals surface area contributed by atoms with Gasteiger partial charge < -0.3 is 19.8 Å². The van der Waals surface area contributed by atoms with Crippen LogP contribution < -0.4 is 10.6 Å². The smallest absolute Gasteiger partial charge is 0.191 e. The van der Waals surface area contributed by atoms with Crippen LogP contribution in [0.3, 0.4) is 0 Å². The van der Waals surface area contributed by atoms with Crippen LogP contribution in [-0.2, 0) is 20.1 Å². The third kappa shape index (κ3) is 3.96. The first-order chi connectivity index (χ1) is 12.2. The number of aromatic nitrogens is 5. The second kappa shape index (κ2) is 7.78. The fraction of sp³-hybridized carbons (Fsp3) is 0.412. The largest absolute Gasteiger partial charge is 0.356 e. The van der Waals surface area contributed by atoms with Crippen LogP contribution in [0.5, 0.6) is 0 Å². The van der Waals surface area contributed by atoms with Crippen molar-refractivity contribution >= 4 is 17.0 Å². The molecule has 2 heterocycles. The third-order valence-corrected chi connectivity index (χ3v) is 4.14. The molecule has 3 rings (SSSR count). The normalized spacial score (nSPS) is 11.9. The molecule has 0 spiro atoms. The van der Waals surface area contributed by atoms with Crippen LogP contribution >= 0.6 is 0 Å². The lowest BCUT2D eigenvalue weighted by Gasteiger charge is -2.12. The number of rotatable bonds is 6. The van der Waals surface area contributed by atoms with E-state index in [1.54, 1.807) is 13.4 Å². The first-order valence-corrected chi connectivity index (χ1v) is 8.38. The van der Waals surface area contributed by atoms with E-state index in [9.17, 15) is 0 Å². The molecular formula is C17H24N8. The fourth-order valence-corrected chi connectivity index (χ4v) is 2.77. The number of hydrogen-bond donors (Lipinski definition) is 2. The summed E-state index contributed by atoms with van der Waals surface area (Å²) >= 11 is 0. The van der Waals surface area contributed by atoms with Crippen molar-refractivity contribution in [3.8, 4) is 0 Å². The zero-order valence-electron chi connectivity index (χ0n) is 14.9. The Hall–Kier alpha value is -2.90. The molecule has 0 unspecified atom stereocenters. The molecule has 1 aromatic carbocycles. The van der Waals surface area contributed by atoms with Gasteiger partial charge in [0.15, 0.2) is 11.8 Å². The zero-order chi connectivity index (χ0) is 17.6. The van der Waals surface area contributed by atoms with Crippen LogP contribution in [0.25, 0.3) is 11.0 Å². The molecule has 2 N–H and O–H groups in total. The van der Waals surface area contributed by atoms with Gasteiger partial charge in [0.1, 0.15) is 12.2 Å². The molecule has 2 aromatic heterocycles. The van der Waals surface area contributed by atoms with Gasteiger partial charge in [0.2, 0.25) is 0 Å². The van der Waals surface area contributed by atoms with E-state index in [4.69, 9.17) is 0 Å². The minimum absolute atomic E-state index is 0.585. The molecule has 0 bridgehead atoms. The minimum Gasteiger partial charge on any atom is -0.356 e. The van der Waals surface area contributed by atoms with Crippen molar-refractivity contribution in [1.82, 2.24) is 34.9 Å². The second-order valence-corrected chi connectivity index (χ2v) is 5.86. The Kier molecular flexibility index (Phi) is 5.27. The van der Waals surface area contributed by atoms with Gasteiger partial charge in [0.05, 0.1) is 17.6 Å². The second-order valence-electron chi connectivity index (χ2n) is 5.86. The van der Waals surface area contributed by atoms with Gasteiger partial charge in [0, 0.05) is 27.2 Å². The summed E-state index contributed by atoms with van der Waals surface area (Å²) in [4.78, 5) is 8.84. The van der Waals surface area contributed by atoms with Crippen LogP contribution in [0.4, 0.5) is 0 Å². The Bertz CT molecular complexity index is 861. The van der Waals surface area contributed by atoms with Gasteiger partial charge >= 0.3 is 0 Å². The molecule has 0 aliphatic carbocycles. The number of benzene rings is 1. The molecular weight excluding hydrogens is 316 g/mol. The number of imidazole rings is 1. The monoisotopic (exact) mass is 340 g/mol. The van der Waals surface area contributed by atoms with E-state index in [-0.39, 0.29) is 0 Å². The average Bonchev–Trinajstić information content (AvgIpc) is 3.17. The Morgan fingerprint density at radius 1 is 1.24 bits per heavy atom. The zero-order valence-corrected chi connectivity index (χ0v) is 14.9. The maximum atomic E-state index is 4.60. The molecule has 3 aromatic rings.